The first kappa shape index (κ1) is 18.2. The molecule has 1 aliphatic heterocycles. The number of aromatic nitrogens is 3. The molecule has 1 aliphatic rings. The number of carboxylic acids is 1. The predicted molar refractivity (Wildman–Crippen MR) is 108 cm³/mol. The molecule has 3 aromatic rings. The van der Waals surface area contributed by atoms with Crippen molar-refractivity contribution in [1.82, 2.24) is 15.0 Å². The number of benzene rings is 1. The number of carbonyl (C=O) groups is 1. The van der Waals surface area contributed by atoms with Gasteiger partial charge in [0.05, 0.1) is 23.2 Å². The number of rotatable bonds is 5. The molecule has 1 saturated heterocycles. The second kappa shape index (κ2) is 7.47. The first-order valence-electron chi connectivity index (χ1n) is 8.85. The fraction of sp³-hybridized carbons (Fsp3) is 0.333. The molecule has 1 aromatic carbocycles. The highest BCUT2D eigenvalue weighted by molar-refractivity contribution is 7.22. The van der Waals surface area contributed by atoms with E-state index in [1.165, 1.54) is 17.7 Å². The normalized spacial score (nSPS) is 15.0. The average Bonchev–Trinajstić information content (AvgIpc) is 3.11. The van der Waals surface area contributed by atoms with Crippen molar-refractivity contribution in [2.24, 2.45) is 5.92 Å². The topological polar surface area (TPSA) is 126 Å². The zero-order chi connectivity index (χ0) is 19.7. The van der Waals surface area contributed by atoms with Crippen molar-refractivity contribution in [2.45, 2.75) is 12.8 Å². The largest absolute Gasteiger partial charge is 0.497 e. The van der Waals surface area contributed by atoms with Crippen LogP contribution in [0.4, 0.5) is 22.5 Å². The number of nitrogen functional groups attached to an aromatic ring is 1. The number of hydrogen-bond donors (Lipinski definition) is 3. The van der Waals surface area contributed by atoms with Crippen molar-refractivity contribution in [3.05, 3.63) is 24.5 Å². The van der Waals surface area contributed by atoms with Gasteiger partial charge >= 0.3 is 5.97 Å². The van der Waals surface area contributed by atoms with Gasteiger partial charge in [0.15, 0.2) is 16.8 Å². The summed E-state index contributed by atoms with van der Waals surface area (Å²) in [6, 6.07) is 5.69. The molecule has 0 amide bonds. The van der Waals surface area contributed by atoms with Gasteiger partial charge in [0.1, 0.15) is 17.8 Å². The summed E-state index contributed by atoms with van der Waals surface area (Å²) in [6.45, 7) is 1.19. The second-order valence-corrected chi connectivity index (χ2v) is 7.57. The minimum absolute atomic E-state index is 0.309. The molecular weight excluding hydrogens is 380 g/mol. The van der Waals surface area contributed by atoms with E-state index >= 15 is 0 Å². The Morgan fingerprint density at radius 2 is 2.14 bits per heavy atom. The molecule has 10 heteroatoms. The van der Waals surface area contributed by atoms with Gasteiger partial charge in [-0.05, 0) is 31.0 Å². The number of anilines is 4. The summed E-state index contributed by atoms with van der Waals surface area (Å²) in [7, 11) is 1.63. The molecule has 0 bridgehead atoms. The lowest BCUT2D eigenvalue weighted by molar-refractivity contribution is -0.142. The van der Waals surface area contributed by atoms with Crippen LogP contribution in [0.15, 0.2) is 24.5 Å². The van der Waals surface area contributed by atoms with E-state index in [0.29, 0.717) is 48.4 Å². The van der Waals surface area contributed by atoms with Crippen LogP contribution in [0.25, 0.3) is 10.2 Å². The maximum atomic E-state index is 11.1. The van der Waals surface area contributed by atoms with Gasteiger partial charge in [0, 0.05) is 13.1 Å². The van der Waals surface area contributed by atoms with Crippen LogP contribution in [0.5, 0.6) is 5.75 Å². The average molecular weight is 400 g/mol. The molecule has 0 spiro atoms. The lowest BCUT2D eigenvalue weighted by Gasteiger charge is -2.31. The summed E-state index contributed by atoms with van der Waals surface area (Å²) in [5, 5.41) is 13.0. The lowest BCUT2D eigenvalue weighted by atomic mass is 9.97. The van der Waals surface area contributed by atoms with Crippen LogP contribution >= 0.6 is 11.3 Å². The second-order valence-electron chi connectivity index (χ2n) is 6.54. The summed E-state index contributed by atoms with van der Waals surface area (Å²) >= 11 is 1.48. The van der Waals surface area contributed by atoms with Crippen molar-refractivity contribution in [1.29, 1.82) is 0 Å². The Bertz CT molecular complexity index is 1020. The zero-order valence-corrected chi connectivity index (χ0v) is 16.1. The lowest BCUT2D eigenvalue weighted by Crippen LogP contribution is -2.37. The number of thiazole rings is 1. The van der Waals surface area contributed by atoms with Crippen molar-refractivity contribution < 1.29 is 14.6 Å². The third-order valence-corrected chi connectivity index (χ3v) is 5.76. The number of carboxylic acid groups (broad SMARTS) is 1. The molecule has 146 valence electrons. The van der Waals surface area contributed by atoms with Gasteiger partial charge in [-0.3, -0.25) is 4.79 Å². The maximum absolute atomic E-state index is 11.1. The van der Waals surface area contributed by atoms with E-state index < -0.39 is 5.97 Å². The molecule has 4 N–H and O–H groups in total. The third-order valence-electron chi connectivity index (χ3n) is 4.83. The quantitative estimate of drug-likeness (QED) is 0.592. The molecule has 3 heterocycles. The van der Waals surface area contributed by atoms with Gasteiger partial charge in [0.2, 0.25) is 0 Å². The van der Waals surface area contributed by atoms with Gasteiger partial charge in [-0.25, -0.2) is 15.0 Å². The smallest absolute Gasteiger partial charge is 0.306 e. The first-order valence-corrected chi connectivity index (χ1v) is 9.66. The van der Waals surface area contributed by atoms with Crippen LogP contribution in [-0.2, 0) is 4.79 Å². The number of fused-ring (bicyclic) bond motifs is 1. The highest BCUT2D eigenvalue weighted by Crippen LogP contribution is 2.34. The maximum Gasteiger partial charge on any atom is 0.306 e. The number of hydrogen-bond acceptors (Lipinski definition) is 9. The Labute approximate surface area is 165 Å². The van der Waals surface area contributed by atoms with Gasteiger partial charge in [0.25, 0.3) is 0 Å². The zero-order valence-electron chi connectivity index (χ0n) is 15.3. The molecule has 9 nitrogen and oxygen atoms in total. The van der Waals surface area contributed by atoms with E-state index in [1.54, 1.807) is 7.11 Å². The monoisotopic (exact) mass is 400 g/mol. The van der Waals surface area contributed by atoms with Crippen LogP contribution in [0.1, 0.15) is 12.8 Å². The minimum Gasteiger partial charge on any atom is -0.497 e. The van der Waals surface area contributed by atoms with Crippen molar-refractivity contribution in [3.8, 4) is 5.75 Å². The Balaban J connectivity index is 1.55. The summed E-state index contributed by atoms with van der Waals surface area (Å²) in [5.74, 6) is 0.818. The summed E-state index contributed by atoms with van der Waals surface area (Å²) < 4.78 is 6.24. The Morgan fingerprint density at radius 3 is 2.86 bits per heavy atom. The first-order chi connectivity index (χ1) is 13.5. The van der Waals surface area contributed by atoms with E-state index in [-0.39, 0.29) is 5.92 Å². The number of piperidine rings is 1. The van der Waals surface area contributed by atoms with Crippen molar-refractivity contribution in [2.75, 3.05) is 36.1 Å². The number of nitrogens with zero attached hydrogens (tertiary/aromatic N) is 4. The molecule has 2 aromatic heterocycles. The van der Waals surface area contributed by atoms with Gasteiger partial charge in [-0.1, -0.05) is 11.3 Å². The highest BCUT2D eigenvalue weighted by atomic mass is 32.1. The number of nitrogens with two attached hydrogens (primary N) is 1. The van der Waals surface area contributed by atoms with Crippen molar-refractivity contribution in [3.63, 3.8) is 0 Å². The molecule has 4 rings (SSSR count). The van der Waals surface area contributed by atoms with E-state index in [4.69, 9.17) is 15.6 Å². The number of methoxy groups -OCH3 is 1. The summed E-state index contributed by atoms with van der Waals surface area (Å²) in [6.07, 6.45) is 2.59. The minimum atomic E-state index is -0.745. The number of nitrogens with one attached hydrogen (secondary N) is 1. The van der Waals surface area contributed by atoms with Crippen LogP contribution in [0, 0.1) is 5.92 Å². The predicted octanol–water partition coefficient (Wildman–Crippen LogP) is 2.72. The van der Waals surface area contributed by atoms with E-state index in [1.807, 2.05) is 23.1 Å². The molecule has 28 heavy (non-hydrogen) atoms. The van der Waals surface area contributed by atoms with Crippen LogP contribution in [0.2, 0.25) is 0 Å². The molecule has 0 radical (unpaired) electrons. The molecule has 0 atom stereocenters. The molecule has 0 aliphatic carbocycles. The third kappa shape index (κ3) is 3.50. The van der Waals surface area contributed by atoms with E-state index in [9.17, 15) is 4.79 Å². The molecule has 0 unspecified atom stereocenters. The van der Waals surface area contributed by atoms with Crippen LogP contribution < -0.4 is 20.7 Å². The van der Waals surface area contributed by atoms with Crippen LogP contribution in [0.3, 0.4) is 0 Å². The molecular formula is C18H20N6O3S. The summed E-state index contributed by atoms with van der Waals surface area (Å²) in [5.41, 5.74) is 7.59. The molecule has 0 saturated carbocycles. The van der Waals surface area contributed by atoms with E-state index in [2.05, 4.69) is 20.3 Å². The van der Waals surface area contributed by atoms with E-state index in [0.717, 1.165) is 16.0 Å². The van der Waals surface area contributed by atoms with Crippen molar-refractivity contribution >= 4 is 50.0 Å². The highest BCUT2D eigenvalue weighted by Gasteiger charge is 2.26. The fourth-order valence-electron chi connectivity index (χ4n) is 3.26. The van der Waals surface area contributed by atoms with Gasteiger partial charge < -0.3 is 25.8 Å². The SMILES string of the molecule is COc1ccc2nc(Nc3ncnc(N4CCC(C(=O)O)CC4)c3N)sc2c1. The van der Waals surface area contributed by atoms with Crippen LogP contribution in [-0.4, -0.2) is 46.2 Å². The Hall–Kier alpha value is -3.14. The number of aliphatic carboxylic acids is 1. The number of ether oxygens (including phenoxy) is 1. The molecule has 1 fully saturated rings. The Morgan fingerprint density at radius 1 is 1.36 bits per heavy atom. The fourth-order valence-corrected chi connectivity index (χ4v) is 4.16. The van der Waals surface area contributed by atoms with Gasteiger partial charge in [-0.2, -0.15) is 0 Å². The summed E-state index contributed by atoms with van der Waals surface area (Å²) in [4.78, 5) is 26.3. The standard InChI is InChI=1S/C18H20N6O3S/c1-27-11-2-3-12-13(8-11)28-18(22-12)23-15-14(19)16(21-9-20-15)24-6-4-10(5-7-24)17(25)26/h2-3,8-10H,4-7,19H2,1H3,(H,25,26)(H,20,21,22,23). The Kier molecular flexibility index (Phi) is 4.86. The van der Waals surface area contributed by atoms with Gasteiger partial charge in [-0.15, -0.1) is 0 Å².